The first-order chi connectivity index (χ1) is 7.74. The highest BCUT2D eigenvalue weighted by Crippen LogP contribution is 2.27. The van der Waals surface area contributed by atoms with E-state index in [-0.39, 0.29) is 0 Å². The molecule has 0 unspecified atom stereocenters. The molecule has 0 N–H and O–H groups in total. The summed E-state index contributed by atoms with van der Waals surface area (Å²) in [6.07, 6.45) is 2.21. The Morgan fingerprint density at radius 1 is 1.69 bits per heavy atom. The van der Waals surface area contributed by atoms with Gasteiger partial charge in [0.25, 0.3) is 0 Å². The third kappa shape index (κ3) is 2.03. The maximum Gasteiger partial charge on any atom is 0.341 e. The molecule has 0 saturated carbocycles. The SMILES string of the molecule is CCOC(=O)c1cnc2c(c1Cl)COCC2. The lowest BCUT2D eigenvalue weighted by Gasteiger charge is -2.17. The van der Waals surface area contributed by atoms with E-state index in [0.29, 0.717) is 30.4 Å². The molecule has 5 heteroatoms. The maximum absolute atomic E-state index is 11.6. The molecule has 0 aliphatic carbocycles. The molecule has 0 saturated heterocycles. The molecular weight excluding hydrogens is 230 g/mol. The van der Waals surface area contributed by atoms with Gasteiger partial charge in [-0.05, 0) is 6.92 Å². The monoisotopic (exact) mass is 241 g/mol. The minimum absolute atomic E-state index is 0.313. The Bertz CT molecular complexity index is 420. The fraction of sp³-hybridized carbons (Fsp3) is 0.455. The van der Waals surface area contributed by atoms with E-state index < -0.39 is 5.97 Å². The van der Waals surface area contributed by atoms with Crippen LogP contribution in [-0.2, 0) is 22.5 Å². The predicted octanol–water partition coefficient (Wildman–Crippen LogP) is 1.98. The largest absolute Gasteiger partial charge is 0.462 e. The van der Waals surface area contributed by atoms with Crippen molar-refractivity contribution in [3.05, 3.63) is 28.0 Å². The van der Waals surface area contributed by atoms with Gasteiger partial charge in [0.15, 0.2) is 0 Å². The van der Waals surface area contributed by atoms with Crippen LogP contribution in [0.15, 0.2) is 6.20 Å². The van der Waals surface area contributed by atoms with Crippen LogP contribution < -0.4 is 0 Å². The van der Waals surface area contributed by atoms with Crippen LogP contribution in [0.5, 0.6) is 0 Å². The van der Waals surface area contributed by atoms with Crippen molar-refractivity contribution in [2.75, 3.05) is 13.2 Å². The molecule has 0 spiro atoms. The topological polar surface area (TPSA) is 48.4 Å². The van der Waals surface area contributed by atoms with Crippen LogP contribution in [0.4, 0.5) is 0 Å². The number of pyridine rings is 1. The van der Waals surface area contributed by atoms with E-state index in [4.69, 9.17) is 21.1 Å². The average Bonchev–Trinajstić information content (AvgIpc) is 2.30. The maximum atomic E-state index is 11.6. The second kappa shape index (κ2) is 4.80. The number of hydrogen-bond donors (Lipinski definition) is 0. The summed E-state index contributed by atoms with van der Waals surface area (Å²) in [5, 5.41) is 0.406. The molecule has 0 atom stereocenters. The molecule has 0 amide bonds. The van der Waals surface area contributed by atoms with Crippen molar-refractivity contribution in [3.8, 4) is 0 Å². The Hall–Kier alpha value is -1.13. The molecule has 4 nitrogen and oxygen atoms in total. The van der Waals surface area contributed by atoms with E-state index in [1.165, 1.54) is 6.20 Å². The van der Waals surface area contributed by atoms with Crippen LogP contribution >= 0.6 is 11.6 Å². The zero-order valence-corrected chi connectivity index (χ0v) is 9.71. The molecule has 16 heavy (non-hydrogen) atoms. The number of hydrogen-bond acceptors (Lipinski definition) is 4. The molecule has 2 rings (SSSR count). The number of rotatable bonds is 2. The summed E-state index contributed by atoms with van der Waals surface area (Å²) >= 11 is 6.14. The van der Waals surface area contributed by atoms with Crippen molar-refractivity contribution in [2.24, 2.45) is 0 Å². The van der Waals surface area contributed by atoms with Gasteiger partial charge in [0.1, 0.15) is 0 Å². The Balaban J connectivity index is 2.37. The smallest absolute Gasteiger partial charge is 0.341 e. The van der Waals surface area contributed by atoms with Crippen molar-refractivity contribution >= 4 is 17.6 Å². The molecule has 1 aromatic heterocycles. The van der Waals surface area contributed by atoms with Gasteiger partial charge in [-0.25, -0.2) is 4.79 Å². The highest BCUT2D eigenvalue weighted by atomic mass is 35.5. The highest BCUT2D eigenvalue weighted by Gasteiger charge is 2.21. The fourth-order valence-corrected chi connectivity index (χ4v) is 1.91. The minimum Gasteiger partial charge on any atom is -0.462 e. The first kappa shape index (κ1) is 11.4. The van der Waals surface area contributed by atoms with Crippen LogP contribution in [0.2, 0.25) is 5.02 Å². The van der Waals surface area contributed by atoms with Gasteiger partial charge in [0.05, 0.1) is 30.4 Å². The highest BCUT2D eigenvalue weighted by molar-refractivity contribution is 6.34. The normalized spacial score (nSPS) is 14.4. The lowest BCUT2D eigenvalue weighted by molar-refractivity contribution is 0.0525. The van der Waals surface area contributed by atoms with Crippen molar-refractivity contribution in [1.82, 2.24) is 4.98 Å². The number of carbonyl (C=O) groups is 1. The van der Waals surface area contributed by atoms with Crippen molar-refractivity contribution in [2.45, 2.75) is 20.0 Å². The van der Waals surface area contributed by atoms with Gasteiger partial charge in [0, 0.05) is 23.9 Å². The molecule has 1 aromatic rings. The molecule has 1 aliphatic heterocycles. The van der Waals surface area contributed by atoms with E-state index in [0.717, 1.165) is 17.7 Å². The van der Waals surface area contributed by atoms with Gasteiger partial charge in [-0.15, -0.1) is 0 Å². The standard InChI is InChI=1S/C11H12ClNO3/c1-2-16-11(14)7-5-13-9-3-4-15-6-8(9)10(7)12/h5H,2-4,6H2,1H3. The Morgan fingerprint density at radius 3 is 3.25 bits per heavy atom. The summed E-state index contributed by atoms with van der Waals surface area (Å²) < 4.78 is 10.2. The van der Waals surface area contributed by atoms with Crippen molar-refractivity contribution in [1.29, 1.82) is 0 Å². The molecule has 0 fully saturated rings. The van der Waals surface area contributed by atoms with Crippen molar-refractivity contribution in [3.63, 3.8) is 0 Å². The van der Waals surface area contributed by atoms with Crippen LogP contribution in [-0.4, -0.2) is 24.2 Å². The predicted molar refractivity (Wildman–Crippen MR) is 58.6 cm³/mol. The molecule has 0 aromatic carbocycles. The molecule has 2 heterocycles. The number of carbonyl (C=O) groups excluding carboxylic acids is 1. The third-order valence-corrected chi connectivity index (χ3v) is 2.86. The lowest BCUT2D eigenvalue weighted by atomic mass is 10.1. The molecule has 0 radical (unpaired) electrons. The first-order valence-corrected chi connectivity index (χ1v) is 5.53. The second-order valence-electron chi connectivity index (χ2n) is 3.43. The van der Waals surface area contributed by atoms with Gasteiger partial charge in [-0.3, -0.25) is 4.98 Å². The molecular formula is C11H12ClNO3. The molecule has 1 aliphatic rings. The summed E-state index contributed by atoms with van der Waals surface area (Å²) in [5.41, 5.74) is 2.02. The Labute approximate surface area is 98.5 Å². The van der Waals surface area contributed by atoms with Gasteiger partial charge in [-0.1, -0.05) is 11.6 Å². The average molecular weight is 242 g/mol. The van der Waals surface area contributed by atoms with Crippen LogP contribution in [0.1, 0.15) is 28.5 Å². The van der Waals surface area contributed by atoms with Gasteiger partial charge < -0.3 is 9.47 Å². The zero-order valence-electron chi connectivity index (χ0n) is 8.96. The number of ether oxygens (including phenoxy) is 2. The second-order valence-corrected chi connectivity index (χ2v) is 3.81. The summed E-state index contributed by atoms with van der Waals surface area (Å²) in [5.74, 6) is -0.437. The summed E-state index contributed by atoms with van der Waals surface area (Å²) in [6, 6.07) is 0. The summed E-state index contributed by atoms with van der Waals surface area (Å²) in [7, 11) is 0. The quantitative estimate of drug-likeness (QED) is 0.743. The van der Waals surface area contributed by atoms with Gasteiger partial charge in [0.2, 0.25) is 0 Å². The number of esters is 1. The minimum atomic E-state index is -0.437. The Kier molecular flexibility index (Phi) is 3.41. The fourth-order valence-electron chi connectivity index (χ4n) is 1.62. The number of aromatic nitrogens is 1. The summed E-state index contributed by atoms with van der Waals surface area (Å²) in [4.78, 5) is 15.8. The van der Waals surface area contributed by atoms with Crippen molar-refractivity contribution < 1.29 is 14.3 Å². The third-order valence-electron chi connectivity index (χ3n) is 2.42. The lowest BCUT2D eigenvalue weighted by Crippen LogP contribution is -2.15. The number of fused-ring (bicyclic) bond motifs is 1. The van der Waals surface area contributed by atoms with Gasteiger partial charge >= 0.3 is 5.97 Å². The van der Waals surface area contributed by atoms with Crippen LogP contribution in [0.3, 0.4) is 0 Å². The number of halogens is 1. The van der Waals surface area contributed by atoms with E-state index in [9.17, 15) is 4.79 Å². The zero-order chi connectivity index (χ0) is 11.5. The van der Waals surface area contributed by atoms with E-state index >= 15 is 0 Å². The van der Waals surface area contributed by atoms with Crippen LogP contribution in [0, 0.1) is 0 Å². The van der Waals surface area contributed by atoms with E-state index in [2.05, 4.69) is 4.98 Å². The van der Waals surface area contributed by atoms with E-state index in [1.807, 2.05) is 0 Å². The molecule has 0 bridgehead atoms. The molecule has 86 valence electrons. The first-order valence-electron chi connectivity index (χ1n) is 5.15. The van der Waals surface area contributed by atoms with Gasteiger partial charge in [-0.2, -0.15) is 0 Å². The number of nitrogens with zero attached hydrogens (tertiary/aromatic N) is 1. The van der Waals surface area contributed by atoms with E-state index in [1.54, 1.807) is 6.92 Å². The summed E-state index contributed by atoms with van der Waals surface area (Å²) in [6.45, 7) is 3.13. The Morgan fingerprint density at radius 2 is 2.50 bits per heavy atom. The van der Waals surface area contributed by atoms with Crippen LogP contribution in [0.25, 0.3) is 0 Å².